The van der Waals surface area contributed by atoms with Crippen LogP contribution < -0.4 is 4.74 Å². The molecule has 2 aromatic carbocycles. The van der Waals surface area contributed by atoms with Gasteiger partial charge in [0.1, 0.15) is 11.9 Å². The molecule has 0 spiro atoms. The third kappa shape index (κ3) is 2.40. The molecule has 1 N–H and O–H groups in total. The Bertz CT molecular complexity index is 724. The van der Waals surface area contributed by atoms with Crippen LogP contribution in [0, 0.1) is 0 Å². The summed E-state index contributed by atoms with van der Waals surface area (Å²) in [6.45, 7) is 7.00. The first-order chi connectivity index (χ1) is 10.4. The molecule has 0 bridgehead atoms. The van der Waals surface area contributed by atoms with E-state index in [0.29, 0.717) is 0 Å². The minimum atomic E-state index is -1.60. The van der Waals surface area contributed by atoms with Crippen LogP contribution >= 0.6 is 0 Å². The Balaban J connectivity index is 2.21. The first kappa shape index (κ1) is 15.1. The molecule has 0 saturated carbocycles. The van der Waals surface area contributed by atoms with Crippen LogP contribution in [0.4, 0.5) is 0 Å². The molecule has 2 nitrogen and oxygen atoms in total. The van der Waals surface area contributed by atoms with E-state index in [1.54, 1.807) is 7.11 Å². The molecule has 1 unspecified atom stereocenters. The van der Waals surface area contributed by atoms with E-state index < -0.39 is 14.2 Å². The number of rotatable bonds is 3. The molecule has 1 aliphatic carbocycles. The van der Waals surface area contributed by atoms with E-state index in [-0.39, 0.29) is 0 Å². The maximum absolute atomic E-state index is 10.9. The van der Waals surface area contributed by atoms with Crippen molar-refractivity contribution >= 4 is 18.8 Å². The lowest BCUT2D eigenvalue weighted by atomic mass is 10.0. The van der Waals surface area contributed by atoms with Crippen molar-refractivity contribution in [3.05, 3.63) is 65.2 Å². The maximum atomic E-state index is 10.9. The van der Waals surface area contributed by atoms with Gasteiger partial charge in [-0.2, -0.15) is 0 Å². The molecule has 0 fully saturated rings. The molecule has 3 heteroatoms. The van der Waals surface area contributed by atoms with Crippen LogP contribution in [0.15, 0.2) is 48.5 Å². The molecule has 0 saturated heterocycles. The third-order valence-electron chi connectivity index (χ3n) is 4.22. The Morgan fingerprint density at radius 1 is 0.955 bits per heavy atom. The second-order valence-corrected chi connectivity index (χ2v) is 11.8. The molecule has 0 aromatic heterocycles. The normalized spacial score (nSPS) is 17.6. The quantitative estimate of drug-likeness (QED) is 0.844. The Morgan fingerprint density at radius 2 is 1.59 bits per heavy atom. The number of aliphatic hydroxyl groups excluding tert-OH is 1. The molecule has 1 aliphatic rings. The van der Waals surface area contributed by atoms with Crippen LogP contribution in [-0.4, -0.2) is 20.3 Å². The van der Waals surface area contributed by atoms with Crippen LogP contribution in [0.5, 0.6) is 5.75 Å². The van der Waals surface area contributed by atoms with Gasteiger partial charge in [0.25, 0.3) is 0 Å². The van der Waals surface area contributed by atoms with Crippen LogP contribution in [0.1, 0.15) is 22.8 Å². The van der Waals surface area contributed by atoms with E-state index in [1.807, 2.05) is 36.4 Å². The molecule has 0 amide bonds. The minimum Gasteiger partial charge on any atom is -0.497 e. The largest absolute Gasteiger partial charge is 0.497 e. The van der Waals surface area contributed by atoms with Gasteiger partial charge >= 0.3 is 0 Å². The van der Waals surface area contributed by atoms with Gasteiger partial charge in [-0.25, -0.2) is 0 Å². The second-order valence-electron chi connectivity index (χ2n) is 6.76. The minimum absolute atomic E-state index is 0.536. The zero-order valence-electron chi connectivity index (χ0n) is 13.6. The Kier molecular flexibility index (Phi) is 3.71. The summed E-state index contributed by atoms with van der Waals surface area (Å²) in [6.07, 6.45) is -0.536. The molecular weight excluding hydrogens is 288 g/mol. The molecule has 2 aromatic rings. The third-order valence-corrected chi connectivity index (χ3v) is 6.26. The van der Waals surface area contributed by atoms with Gasteiger partial charge in [0, 0.05) is 0 Å². The van der Waals surface area contributed by atoms with E-state index in [1.165, 1.54) is 10.8 Å². The molecule has 0 aliphatic heterocycles. The predicted octanol–water partition coefficient (Wildman–Crippen LogP) is 4.53. The molecule has 114 valence electrons. The van der Waals surface area contributed by atoms with Gasteiger partial charge in [-0.1, -0.05) is 56.0 Å². The summed E-state index contributed by atoms with van der Waals surface area (Å²) in [7, 11) is 0.0721. The fourth-order valence-electron chi connectivity index (χ4n) is 3.28. The second kappa shape index (κ2) is 5.41. The van der Waals surface area contributed by atoms with Gasteiger partial charge < -0.3 is 9.84 Å². The molecule has 0 heterocycles. The summed E-state index contributed by atoms with van der Waals surface area (Å²) in [5, 5.41) is 12.2. The lowest BCUT2D eigenvalue weighted by molar-refractivity contribution is 0.241. The fourth-order valence-corrected chi connectivity index (χ4v) is 5.41. The highest BCUT2D eigenvalue weighted by molar-refractivity contribution is 6.95. The molecule has 0 radical (unpaired) electrons. The van der Waals surface area contributed by atoms with Crippen molar-refractivity contribution in [2.45, 2.75) is 25.7 Å². The van der Waals surface area contributed by atoms with Crippen molar-refractivity contribution < 1.29 is 9.84 Å². The number of ether oxygens (including phenoxy) is 1. The standard InChI is InChI=1S/C19H22O2Si/c1-21-14-11-9-13(10-12-14)17-18(20)15-7-5-6-8-16(15)19(17)22(2,3)4/h5-12,18,20H,1-4H3. The lowest BCUT2D eigenvalue weighted by Gasteiger charge is -2.22. The number of aliphatic hydroxyl groups is 1. The van der Waals surface area contributed by atoms with Crippen LogP contribution in [0.2, 0.25) is 19.6 Å². The zero-order valence-corrected chi connectivity index (χ0v) is 14.6. The summed E-state index contributed by atoms with van der Waals surface area (Å²) in [6, 6.07) is 16.2. The van der Waals surface area contributed by atoms with Crippen molar-refractivity contribution in [3.8, 4) is 5.75 Å². The molecule has 22 heavy (non-hydrogen) atoms. The summed E-state index contributed by atoms with van der Waals surface area (Å²) in [5.74, 6) is 0.837. The highest BCUT2D eigenvalue weighted by atomic mass is 28.3. The SMILES string of the molecule is COc1ccc(C2=C([Si](C)(C)C)c3ccccc3C2O)cc1. The number of fused-ring (bicyclic) bond motifs is 1. The van der Waals surface area contributed by atoms with Crippen LogP contribution in [-0.2, 0) is 0 Å². The molecule has 1 atom stereocenters. The zero-order chi connectivity index (χ0) is 15.9. The van der Waals surface area contributed by atoms with Crippen molar-refractivity contribution in [3.63, 3.8) is 0 Å². The van der Waals surface area contributed by atoms with Gasteiger partial charge in [-0.15, -0.1) is 0 Å². The first-order valence-corrected chi connectivity index (χ1v) is 11.1. The summed E-state index contributed by atoms with van der Waals surface area (Å²) in [5.41, 5.74) is 4.41. The number of methoxy groups -OCH3 is 1. The number of benzene rings is 2. The predicted molar refractivity (Wildman–Crippen MR) is 94.6 cm³/mol. The summed E-state index contributed by atoms with van der Waals surface area (Å²) < 4.78 is 5.24. The van der Waals surface area contributed by atoms with Gasteiger partial charge in [0.2, 0.25) is 0 Å². The first-order valence-electron chi connectivity index (χ1n) is 7.60. The van der Waals surface area contributed by atoms with Crippen molar-refractivity contribution in [2.75, 3.05) is 7.11 Å². The van der Waals surface area contributed by atoms with Gasteiger partial charge in [-0.3, -0.25) is 0 Å². The van der Waals surface area contributed by atoms with Gasteiger partial charge in [0.05, 0.1) is 15.2 Å². The van der Waals surface area contributed by atoms with Gasteiger partial charge in [0.15, 0.2) is 0 Å². The number of hydrogen-bond acceptors (Lipinski definition) is 2. The maximum Gasteiger partial charge on any atom is 0.118 e. The lowest BCUT2D eigenvalue weighted by Crippen LogP contribution is -2.23. The van der Waals surface area contributed by atoms with Gasteiger partial charge in [-0.05, 0) is 39.6 Å². The average molecular weight is 310 g/mol. The van der Waals surface area contributed by atoms with Crippen LogP contribution in [0.25, 0.3) is 10.8 Å². The summed E-state index contributed by atoms with van der Waals surface area (Å²) in [4.78, 5) is 0. The molecular formula is C19H22O2Si. The Labute approximate surface area is 133 Å². The monoisotopic (exact) mass is 310 g/mol. The van der Waals surface area contributed by atoms with E-state index in [0.717, 1.165) is 22.4 Å². The van der Waals surface area contributed by atoms with Crippen molar-refractivity contribution in [2.24, 2.45) is 0 Å². The van der Waals surface area contributed by atoms with E-state index in [9.17, 15) is 5.11 Å². The molecule has 3 rings (SSSR count). The fraction of sp³-hybridized carbons (Fsp3) is 0.263. The van der Waals surface area contributed by atoms with Crippen molar-refractivity contribution in [1.82, 2.24) is 0 Å². The highest BCUT2D eigenvalue weighted by Crippen LogP contribution is 2.49. The Hall–Kier alpha value is -1.84. The average Bonchev–Trinajstić information content (AvgIpc) is 2.81. The van der Waals surface area contributed by atoms with Crippen LogP contribution in [0.3, 0.4) is 0 Å². The topological polar surface area (TPSA) is 29.5 Å². The summed E-state index contributed by atoms with van der Waals surface area (Å²) >= 11 is 0. The van der Waals surface area contributed by atoms with Crippen molar-refractivity contribution in [1.29, 1.82) is 0 Å². The van der Waals surface area contributed by atoms with E-state index in [2.05, 4.69) is 31.8 Å². The highest BCUT2D eigenvalue weighted by Gasteiger charge is 2.36. The Morgan fingerprint density at radius 3 is 2.18 bits per heavy atom. The number of hydrogen-bond donors (Lipinski definition) is 1. The van der Waals surface area contributed by atoms with E-state index >= 15 is 0 Å². The smallest absolute Gasteiger partial charge is 0.118 e. The van der Waals surface area contributed by atoms with E-state index in [4.69, 9.17) is 4.74 Å².